The van der Waals surface area contributed by atoms with E-state index in [0.29, 0.717) is 12.0 Å². The molecule has 4 aromatic rings. The van der Waals surface area contributed by atoms with Crippen molar-refractivity contribution in [1.82, 2.24) is 0 Å². The summed E-state index contributed by atoms with van der Waals surface area (Å²) in [4.78, 5) is 14.0. The van der Waals surface area contributed by atoms with E-state index < -0.39 is 11.5 Å². The van der Waals surface area contributed by atoms with E-state index in [1.54, 1.807) is 11.8 Å². The molecular formula is C30H26O2S. The fourth-order valence-corrected chi connectivity index (χ4v) is 6.74. The fraction of sp³-hybridized carbons (Fsp3) is 0.167. The Hall–Kier alpha value is -3.14. The number of rotatable bonds is 5. The number of carbonyl (C=O) groups is 1. The van der Waals surface area contributed by atoms with Crippen LogP contribution < -0.4 is 0 Å². The van der Waals surface area contributed by atoms with Crippen molar-refractivity contribution in [3.63, 3.8) is 0 Å². The van der Waals surface area contributed by atoms with Gasteiger partial charge in [-0.1, -0.05) is 121 Å². The van der Waals surface area contributed by atoms with Crippen molar-refractivity contribution in [3.05, 3.63) is 144 Å². The molecule has 0 unspecified atom stereocenters. The van der Waals surface area contributed by atoms with Crippen molar-refractivity contribution in [3.8, 4) is 0 Å². The van der Waals surface area contributed by atoms with E-state index in [9.17, 15) is 9.90 Å². The average Bonchev–Trinajstić information content (AvgIpc) is 2.90. The molecule has 1 N–H and O–H groups in total. The Labute approximate surface area is 199 Å². The highest BCUT2D eigenvalue weighted by Gasteiger charge is 2.53. The first-order valence-corrected chi connectivity index (χ1v) is 12.2. The summed E-state index contributed by atoms with van der Waals surface area (Å²) in [5.74, 6) is -0.635. The average molecular weight is 451 g/mol. The molecule has 0 aromatic heterocycles. The van der Waals surface area contributed by atoms with Crippen LogP contribution in [0.5, 0.6) is 0 Å². The van der Waals surface area contributed by atoms with Gasteiger partial charge in [0.2, 0.25) is 0 Å². The number of benzene rings is 4. The maximum atomic E-state index is 14.0. The number of Topliss-reactive ketones (excluding diaryl/α,β-unsaturated/α-hetero) is 1. The molecule has 4 atom stereocenters. The zero-order valence-corrected chi connectivity index (χ0v) is 19.1. The molecule has 1 fully saturated rings. The van der Waals surface area contributed by atoms with Crippen molar-refractivity contribution in [1.29, 1.82) is 0 Å². The zero-order valence-electron chi connectivity index (χ0n) is 18.2. The molecule has 164 valence electrons. The van der Waals surface area contributed by atoms with Crippen molar-refractivity contribution in [2.45, 2.75) is 22.5 Å². The quantitative estimate of drug-likeness (QED) is 0.333. The lowest BCUT2D eigenvalue weighted by Gasteiger charge is -2.47. The van der Waals surface area contributed by atoms with Gasteiger partial charge in [0.15, 0.2) is 5.78 Å². The van der Waals surface area contributed by atoms with Gasteiger partial charge in [-0.2, -0.15) is 0 Å². The number of hydrogen-bond donors (Lipinski definition) is 1. The summed E-state index contributed by atoms with van der Waals surface area (Å²) in [5.41, 5.74) is 2.36. The van der Waals surface area contributed by atoms with Gasteiger partial charge in [0, 0.05) is 16.1 Å². The predicted octanol–water partition coefficient (Wildman–Crippen LogP) is 6.99. The Kier molecular flexibility index (Phi) is 6.17. The Morgan fingerprint density at radius 3 is 1.76 bits per heavy atom. The maximum Gasteiger partial charge on any atom is 0.170 e. The minimum Gasteiger partial charge on any atom is -0.384 e. The Morgan fingerprint density at radius 2 is 1.18 bits per heavy atom. The normalized spacial score (nSPS) is 24.8. The van der Waals surface area contributed by atoms with Crippen molar-refractivity contribution >= 4 is 17.5 Å². The van der Waals surface area contributed by atoms with Gasteiger partial charge in [0.1, 0.15) is 5.60 Å². The molecule has 0 bridgehead atoms. The Bertz CT molecular complexity index is 1200. The molecule has 4 aromatic carbocycles. The van der Waals surface area contributed by atoms with E-state index in [1.807, 2.05) is 97.1 Å². The van der Waals surface area contributed by atoms with E-state index in [2.05, 4.69) is 24.3 Å². The third-order valence-corrected chi connectivity index (χ3v) is 8.14. The summed E-state index contributed by atoms with van der Waals surface area (Å²) >= 11 is 1.78. The van der Waals surface area contributed by atoms with E-state index in [1.165, 1.54) is 5.56 Å². The summed E-state index contributed by atoms with van der Waals surface area (Å²) in [5, 5.41) is 12.3. The first kappa shape index (κ1) is 21.7. The molecule has 33 heavy (non-hydrogen) atoms. The number of aliphatic hydroxyl groups is 1. The third kappa shape index (κ3) is 4.27. The van der Waals surface area contributed by atoms with Crippen LogP contribution >= 0.6 is 11.8 Å². The van der Waals surface area contributed by atoms with Crippen LogP contribution in [0.1, 0.15) is 44.0 Å². The Balaban J connectivity index is 1.69. The largest absolute Gasteiger partial charge is 0.384 e. The number of hydrogen-bond acceptors (Lipinski definition) is 3. The van der Waals surface area contributed by atoms with Gasteiger partial charge in [0.05, 0.1) is 5.92 Å². The second kappa shape index (κ2) is 9.38. The van der Waals surface area contributed by atoms with Gasteiger partial charge >= 0.3 is 0 Å². The minimum atomic E-state index is -1.31. The molecule has 1 heterocycles. The van der Waals surface area contributed by atoms with Crippen LogP contribution in [0.4, 0.5) is 0 Å². The summed E-state index contributed by atoms with van der Waals surface area (Å²) in [7, 11) is 0. The van der Waals surface area contributed by atoms with E-state index in [4.69, 9.17) is 0 Å². The number of ketones is 1. The van der Waals surface area contributed by atoms with Crippen LogP contribution in [0.25, 0.3) is 0 Å². The van der Waals surface area contributed by atoms with Gasteiger partial charge < -0.3 is 5.11 Å². The molecule has 1 aliphatic rings. The molecule has 1 aliphatic heterocycles. The molecule has 5 rings (SSSR count). The smallest absolute Gasteiger partial charge is 0.170 e. The fourth-order valence-electron chi connectivity index (χ4n) is 4.90. The van der Waals surface area contributed by atoms with Crippen molar-refractivity contribution in [2.75, 3.05) is 0 Å². The summed E-state index contributed by atoms with van der Waals surface area (Å²) < 4.78 is 0. The van der Waals surface area contributed by atoms with E-state index >= 15 is 0 Å². The number of carbonyl (C=O) groups excluding carboxylic acids is 1. The molecule has 0 spiro atoms. The topological polar surface area (TPSA) is 37.3 Å². The lowest BCUT2D eigenvalue weighted by Crippen LogP contribution is -2.46. The van der Waals surface area contributed by atoms with Crippen molar-refractivity contribution < 1.29 is 9.90 Å². The summed E-state index contributed by atoms with van der Waals surface area (Å²) in [6, 6.07) is 39.6. The van der Waals surface area contributed by atoms with E-state index in [-0.39, 0.29) is 16.3 Å². The molecule has 0 radical (unpaired) electrons. The van der Waals surface area contributed by atoms with Crippen LogP contribution in [0.2, 0.25) is 0 Å². The first-order valence-electron chi connectivity index (χ1n) is 11.3. The highest BCUT2D eigenvalue weighted by molar-refractivity contribution is 7.99. The molecule has 3 heteroatoms. The van der Waals surface area contributed by atoms with Gasteiger partial charge in [-0.25, -0.2) is 0 Å². The third-order valence-electron chi connectivity index (χ3n) is 6.54. The van der Waals surface area contributed by atoms with Crippen LogP contribution in [0, 0.1) is 5.92 Å². The minimum absolute atomic E-state index is 0.0187. The van der Waals surface area contributed by atoms with E-state index in [0.717, 1.165) is 11.1 Å². The molecular weight excluding hydrogens is 424 g/mol. The van der Waals surface area contributed by atoms with Crippen LogP contribution in [-0.2, 0) is 5.60 Å². The van der Waals surface area contributed by atoms with Gasteiger partial charge in [-0.15, -0.1) is 11.8 Å². The van der Waals surface area contributed by atoms with Crippen molar-refractivity contribution in [2.24, 2.45) is 5.92 Å². The second-order valence-corrected chi connectivity index (χ2v) is 9.92. The maximum absolute atomic E-state index is 14.0. The SMILES string of the molecule is O=C(c1ccccc1)[C@@H]1[C@H](c2ccccc2)S[C@H](c2ccccc2)C[C@@]1(O)c1ccccc1. The summed E-state index contributed by atoms with van der Waals surface area (Å²) in [6.07, 6.45) is 0.471. The second-order valence-electron chi connectivity index (χ2n) is 8.57. The van der Waals surface area contributed by atoms with Gasteiger partial charge in [-0.3, -0.25) is 4.79 Å². The molecule has 0 aliphatic carbocycles. The van der Waals surface area contributed by atoms with Gasteiger partial charge in [-0.05, 0) is 23.1 Å². The molecule has 0 amide bonds. The molecule has 2 nitrogen and oxygen atoms in total. The standard InChI is InChI=1S/C30H26O2S/c31-28(23-15-7-2-8-16-23)27-29(24-17-9-3-10-18-24)33-26(22-13-5-1-6-14-22)21-30(27,32)25-19-11-4-12-20-25/h1-20,26-27,29,32H,21H2/t26-,27+,29-,30+/m0/s1. The molecule has 0 saturated carbocycles. The van der Waals surface area contributed by atoms with Crippen LogP contribution in [0.15, 0.2) is 121 Å². The first-order chi connectivity index (χ1) is 16.2. The van der Waals surface area contributed by atoms with Crippen LogP contribution in [0.3, 0.4) is 0 Å². The van der Waals surface area contributed by atoms with Crippen LogP contribution in [-0.4, -0.2) is 10.9 Å². The zero-order chi connectivity index (χ0) is 22.7. The summed E-state index contributed by atoms with van der Waals surface area (Å²) in [6.45, 7) is 0. The predicted molar refractivity (Wildman–Crippen MR) is 135 cm³/mol. The van der Waals surface area contributed by atoms with Gasteiger partial charge in [0.25, 0.3) is 0 Å². The lowest BCUT2D eigenvalue weighted by molar-refractivity contribution is -0.0284. The Morgan fingerprint density at radius 1 is 0.697 bits per heavy atom. The highest BCUT2D eigenvalue weighted by atomic mass is 32.2. The molecule has 1 saturated heterocycles. The number of thioether (sulfide) groups is 1. The monoisotopic (exact) mass is 450 g/mol. The highest BCUT2D eigenvalue weighted by Crippen LogP contribution is 2.60. The lowest BCUT2D eigenvalue weighted by atomic mass is 9.70.